The Morgan fingerprint density at radius 2 is 1.74 bits per heavy atom. The van der Waals surface area contributed by atoms with E-state index in [9.17, 15) is 13.2 Å². The van der Waals surface area contributed by atoms with Gasteiger partial charge in [0.1, 0.15) is 5.75 Å². The first kappa shape index (κ1) is 20.9. The van der Waals surface area contributed by atoms with Crippen LogP contribution in [-0.2, 0) is 16.4 Å². The molecule has 0 aliphatic rings. The third-order valence-corrected chi connectivity index (χ3v) is 5.63. The molecular weight excluding hydrogens is 364 g/mol. The molecule has 0 unspecified atom stereocenters. The Balaban J connectivity index is 1.95. The summed E-state index contributed by atoms with van der Waals surface area (Å²) in [5.41, 5.74) is 2.42. The Labute approximate surface area is 161 Å². The summed E-state index contributed by atoms with van der Waals surface area (Å²) < 4.78 is 30.9. The van der Waals surface area contributed by atoms with Crippen LogP contribution in [0, 0.1) is 6.92 Å². The molecule has 146 valence electrons. The second kappa shape index (κ2) is 9.53. The van der Waals surface area contributed by atoms with E-state index in [1.165, 1.54) is 10.6 Å². The smallest absolute Gasteiger partial charge is 0.251 e. The quantitative estimate of drug-likeness (QED) is 0.712. The number of nitrogens with one attached hydrogen (secondary N) is 1. The van der Waals surface area contributed by atoms with Gasteiger partial charge >= 0.3 is 0 Å². The van der Waals surface area contributed by atoms with Crippen LogP contribution in [0.4, 0.5) is 0 Å². The Kier molecular flexibility index (Phi) is 7.38. The third-order valence-electron chi connectivity index (χ3n) is 4.33. The molecule has 2 aromatic rings. The number of carbonyl (C=O) groups is 1. The molecule has 7 heteroatoms. The van der Waals surface area contributed by atoms with E-state index >= 15 is 0 Å². The minimum absolute atomic E-state index is 0.203. The zero-order valence-electron chi connectivity index (χ0n) is 15.9. The predicted molar refractivity (Wildman–Crippen MR) is 107 cm³/mol. The zero-order valence-corrected chi connectivity index (χ0v) is 16.8. The standard InChI is InChI=1S/C20H26N2O4S/c1-16-8-4-6-10-18(16)20(23)21-13-15-22(27(3,24)25)14-12-17-9-5-7-11-19(17)26-2/h4-11H,12-15H2,1-3H3,(H,21,23). The van der Waals surface area contributed by atoms with Gasteiger partial charge in [-0.2, -0.15) is 0 Å². The van der Waals surface area contributed by atoms with Crippen LogP contribution >= 0.6 is 0 Å². The van der Waals surface area contributed by atoms with Crippen molar-refractivity contribution < 1.29 is 17.9 Å². The maximum absolute atomic E-state index is 12.3. The summed E-state index contributed by atoms with van der Waals surface area (Å²) in [6.45, 7) is 2.64. The van der Waals surface area contributed by atoms with Crippen LogP contribution in [0.1, 0.15) is 21.5 Å². The molecule has 0 aliphatic heterocycles. The molecule has 27 heavy (non-hydrogen) atoms. The molecule has 0 fully saturated rings. The van der Waals surface area contributed by atoms with E-state index in [-0.39, 0.29) is 19.0 Å². The average molecular weight is 391 g/mol. The van der Waals surface area contributed by atoms with E-state index in [4.69, 9.17) is 4.74 Å². The highest BCUT2D eigenvalue weighted by Crippen LogP contribution is 2.18. The SMILES string of the molecule is COc1ccccc1CCN(CCNC(=O)c1ccccc1C)S(C)(=O)=O. The Bertz CT molecular complexity index is 881. The lowest BCUT2D eigenvalue weighted by molar-refractivity contribution is 0.0951. The maximum atomic E-state index is 12.3. The molecule has 0 saturated heterocycles. The maximum Gasteiger partial charge on any atom is 0.251 e. The van der Waals surface area contributed by atoms with Crippen LogP contribution in [0.2, 0.25) is 0 Å². The molecule has 0 spiro atoms. The van der Waals surface area contributed by atoms with Gasteiger partial charge in [-0.25, -0.2) is 12.7 Å². The van der Waals surface area contributed by atoms with E-state index in [0.29, 0.717) is 18.5 Å². The van der Waals surface area contributed by atoms with Gasteiger partial charge in [0.2, 0.25) is 10.0 Å². The van der Waals surface area contributed by atoms with Crippen molar-refractivity contribution in [1.82, 2.24) is 9.62 Å². The van der Waals surface area contributed by atoms with Gasteiger partial charge in [-0.05, 0) is 36.6 Å². The summed E-state index contributed by atoms with van der Waals surface area (Å²) in [4.78, 5) is 12.3. The van der Waals surface area contributed by atoms with E-state index in [0.717, 1.165) is 16.9 Å². The van der Waals surface area contributed by atoms with Crippen LogP contribution in [0.15, 0.2) is 48.5 Å². The van der Waals surface area contributed by atoms with Crippen LogP contribution in [0.25, 0.3) is 0 Å². The van der Waals surface area contributed by atoms with Crippen LogP contribution in [0.3, 0.4) is 0 Å². The van der Waals surface area contributed by atoms with E-state index < -0.39 is 10.0 Å². The minimum Gasteiger partial charge on any atom is -0.496 e. The molecule has 0 saturated carbocycles. The molecule has 6 nitrogen and oxygen atoms in total. The van der Waals surface area contributed by atoms with Gasteiger partial charge in [0.15, 0.2) is 0 Å². The summed E-state index contributed by atoms with van der Waals surface area (Å²) in [6, 6.07) is 14.8. The van der Waals surface area contributed by atoms with Gasteiger partial charge in [-0.1, -0.05) is 36.4 Å². The first-order chi connectivity index (χ1) is 12.8. The molecule has 0 radical (unpaired) electrons. The number of aryl methyl sites for hydroxylation is 1. The zero-order chi connectivity index (χ0) is 19.9. The van der Waals surface area contributed by atoms with Gasteiger partial charge in [0, 0.05) is 25.2 Å². The highest BCUT2D eigenvalue weighted by molar-refractivity contribution is 7.88. The third kappa shape index (κ3) is 6.08. The van der Waals surface area contributed by atoms with Gasteiger partial charge in [0.05, 0.1) is 13.4 Å². The lowest BCUT2D eigenvalue weighted by Gasteiger charge is -2.21. The van der Waals surface area contributed by atoms with Gasteiger partial charge in [-0.15, -0.1) is 0 Å². The highest BCUT2D eigenvalue weighted by Gasteiger charge is 2.17. The largest absolute Gasteiger partial charge is 0.496 e. The molecule has 0 atom stereocenters. The monoisotopic (exact) mass is 390 g/mol. The summed E-state index contributed by atoms with van der Waals surface area (Å²) in [7, 11) is -1.79. The van der Waals surface area contributed by atoms with Crippen molar-refractivity contribution in [2.75, 3.05) is 33.0 Å². The van der Waals surface area contributed by atoms with Crippen LogP contribution in [-0.4, -0.2) is 51.6 Å². The molecule has 0 aliphatic carbocycles. The molecule has 0 heterocycles. The Morgan fingerprint density at radius 1 is 1.07 bits per heavy atom. The number of rotatable bonds is 9. The summed E-state index contributed by atoms with van der Waals surface area (Å²) >= 11 is 0. The van der Waals surface area contributed by atoms with Crippen molar-refractivity contribution in [2.45, 2.75) is 13.3 Å². The van der Waals surface area contributed by atoms with E-state index in [1.54, 1.807) is 19.2 Å². The Morgan fingerprint density at radius 3 is 2.41 bits per heavy atom. The summed E-state index contributed by atoms with van der Waals surface area (Å²) in [5, 5.41) is 2.79. The molecule has 2 aromatic carbocycles. The molecule has 0 bridgehead atoms. The number of nitrogens with zero attached hydrogens (tertiary/aromatic N) is 1. The fourth-order valence-corrected chi connectivity index (χ4v) is 3.66. The molecule has 0 aromatic heterocycles. The number of amides is 1. The summed E-state index contributed by atoms with van der Waals surface area (Å²) in [6.07, 6.45) is 1.71. The van der Waals surface area contributed by atoms with Gasteiger partial charge < -0.3 is 10.1 Å². The lowest BCUT2D eigenvalue weighted by Crippen LogP contribution is -2.39. The van der Waals surface area contributed by atoms with E-state index in [2.05, 4.69) is 5.32 Å². The number of hydrogen-bond acceptors (Lipinski definition) is 4. The van der Waals surface area contributed by atoms with Crippen molar-refractivity contribution in [3.8, 4) is 5.75 Å². The predicted octanol–water partition coefficient (Wildman–Crippen LogP) is 2.24. The number of ether oxygens (including phenoxy) is 1. The molecule has 1 N–H and O–H groups in total. The molecule has 2 rings (SSSR count). The van der Waals surface area contributed by atoms with Crippen molar-refractivity contribution in [2.24, 2.45) is 0 Å². The topological polar surface area (TPSA) is 75.7 Å². The van der Waals surface area contributed by atoms with Crippen molar-refractivity contribution >= 4 is 15.9 Å². The van der Waals surface area contributed by atoms with Crippen LogP contribution in [0.5, 0.6) is 5.75 Å². The number of hydrogen-bond donors (Lipinski definition) is 1. The summed E-state index contributed by atoms with van der Waals surface area (Å²) in [5.74, 6) is 0.532. The number of carbonyl (C=O) groups excluding carboxylic acids is 1. The normalized spacial score (nSPS) is 11.4. The van der Waals surface area contributed by atoms with Crippen molar-refractivity contribution in [3.05, 3.63) is 65.2 Å². The second-order valence-corrected chi connectivity index (χ2v) is 8.28. The fourth-order valence-electron chi connectivity index (χ4n) is 2.82. The number of methoxy groups -OCH3 is 1. The first-order valence-electron chi connectivity index (χ1n) is 8.73. The molecule has 1 amide bonds. The molecular formula is C20H26N2O4S. The number of benzene rings is 2. The van der Waals surface area contributed by atoms with Crippen molar-refractivity contribution in [3.63, 3.8) is 0 Å². The highest BCUT2D eigenvalue weighted by atomic mass is 32.2. The minimum atomic E-state index is -3.38. The van der Waals surface area contributed by atoms with E-state index in [1.807, 2.05) is 43.3 Å². The first-order valence-corrected chi connectivity index (χ1v) is 10.6. The van der Waals surface area contributed by atoms with Gasteiger partial charge in [-0.3, -0.25) is 4.79 Å². The van der Waals surface area contributed by atoms with Crippen molar-refractivity contribution in [1.29, 1.82) is 0 Å². The second-order valence-electron chi connectivity index (χ2n) is 6.29. The fraction of sp³-hybridized carbons (Fsp3) is 0.350. The lowest BCUT2D eigenvalue weighted by atomic mass is 10.1. The average Bonchev–Trinajstić information content (AvgIpc) is 2.63. The van der Waals surface area contributed by atoms with Gasteiger partial charge in [0.25, 0.3) is 5.91 Å². The van der Waals surface area contributed by atoms with Crippen LogP contribution < -0.4 is 10.1 Å². The Hall–Kier alpha value is -2.38. The number of para-hydroxylation sites is 1. The number of sulfonamides is 1.